The molecule has 0 fully saturated rings. The minimum atomic E-state index is -3.84. The first-order valence-corrected chi connectivity index (χ1v) is 8.54. The van der Waals surface area contributed by atoms with Crippen LogP contribution in [-0.4, -0.2) is 28.0 Å². The van der Waals surface area contributed by atoms with Crippen LogP contribution in [0.1, 0.15) is 6.92 Å². The Labute approximate surface area is 137 Å². The third kappa shape index (κ3) is 5.74. The summed E-state index contributed by atoms with van der Waals surface area (Å²) in [4.78, 5) is 9.94. The first-order chi connectivity index (χ1) is 9.69. The lowest BCUT2D eigenvalue weighted by Gasteiger charge is -2.26. The fraction of sp³-hybridized carbons (Fsp3) is 0.455. The summed E-state index contributed by atoms with van der Waals surface area (Å²) >= 11 is 17.0. The van der Waals surface area contributed by atoms with Crippen molar-refractivity contribution >= 4 is 47.7 Å². The zero-order chi connectivity index (χ0) is 16.1. The Morgan fingerprint density at radius 3 is 2.33 bits per heavy atom. The lowest BCUT2D eigenvalue weighted by molar-refractivity contribution is -0.488. The van der Waals surface area contributed by atoms with Crippen molar-refractivity contribution in [2.75, 3.05) is 13.2 Å². The molecule has 21 heavy (non-hydrogen) atoms. The third-order valence-electron chi connectivity index (χ3n) is 2.32. The molecular formula is C11H13Cl3NO5P. The lowest BCUT2D eigenvalue weighted by atomic mass is 10.4. The van der Waals surface area contributed by atoms with Crippen LogP contribution in [0.5, 0.6) is 0 Å². The molecule has 0 saturated heterocycles. The molecule has 1 aromatic carbocycles. The van der Waals surface area contributed by atoms with E-state index < -0.39 is 29.0 Å². The highest BCUT2D eigenvalue weighted by atomic mass is 35.6. The Morgan fingerprint density at radius 2 is 1.90 bits per heavy atom. The van der Waals surface area contributed by atoms with Gasteiger partial charge in [0.25, 0.3) is 0 Å². The second-order valence-corrected chi connectivity index (χ2v) is 8.25. The predicted octanol–water partition coefficient (Wildman–Crippen LogP) is 3.57. The predicted molar refractivity (Wildman–Crippen MR) is 82.3 cm³/mol. The van der Waals surface area contributed by atoms with Crippen LogP contribution in [0.15, 0.2) is 30.3 Å². The monoisotopic (exact) mass is 375 g/mol. The average Bonchev–Trinajstić information content (AvgIpc) is 2.38. The normalized spacial score (nSPS) is 16.2. The Morgan fingerprint density at radius 1 is 1.33 bits per heavy atom. The summed E-state index contributed by atoms with van der Waals surface area (Å²) in [5, 5.41) is 10.9. The van der Waals surface area contributed by atoms with E-state index in [-0.39, 0.29) is 11.9 Å². The molecule has 0 amide bonds. The molecule has 2 unspecified atom stereocenters. The van der Waals surface area contributed by atoms with Gasteiger partial charge >= 0.3 is 7.60 Å². The van der Waals surface area contributed by atoms with E-state index in [1.807, 2.05) is 0 Å². The summed E-state index contributed by atoms with van der Waals surface area (Å²) in [5.74, 6) is 0. The molecule has 6 nitrogen and oxygen atoms in total. The van der Waals surface area contributed by atoms with Crippen LogP contribution >= 0.6 is 42.4 Å². The Bertz CT molecular complexity index is 522. The van der Waals surface area contributed by atoms with Crippen molar-refractivity contribution < 1.29 is 18.5 Å². The van der Waals surface area contributed by atoms with Gasteiger partial charge < -0.3 is 4.52 Å². The molecule has 0 spiro atoms. The molecule has 10 heteroatoms. The van der Waals surface area contributed by atoms with Crippen molar-refractivity contribution in [2.45, 2.75) is 16.8 Å². The summed E-state index contributed by atoms with van der Waals surface area (Å²) in [6.07, 6.45) is -1.52. The first kappa shape index (κ1) is 18.7. The zero-order valence-electron chi connectivity index (χ0n) is 10.9. The Kier molecular flexibility index (Phi) is 6.91. The number of hydrogen-bond acceptors (Lipinski definition) is 5. The van der Waals surface area contributed by atoms with Crippen LogP contribution in [-0.2, 0) is 13.6 Å². The van der Waals surface area contributed by atoms with Crippen molar-refractivity contribution in [3.8, 4) is 0 Å². The number of hydrogen-bond donors (Lipinski definition) is 0. The molecule has 0 saturated carbocycles. The molecule has 0 aliphatic heterocycles. The van der Waals surface area contributed by atoms with E-state index in [0.29, 0.717) is 0 Å². The van der Waals surface area contributed by atoms with Gasteiger partial charge in [-0.15, -0.1) is 0 Å². The number of halogens is 3. The van der Waals surface area contributed by atoms with Gasteiger partial charge in [-0.2, -0.15) is 0 Å². The molecule has 0 radical (unpaired) electrons. The Balaban J connectivity index is 3.10. The van der Waals surface area contributed by atoms with Gasteiger partial charge in [-0.25, -0.2) is 0 Å². The molecule has 1 rings (SSSR count). The van der Waals surface area contributed by atoms with Crippen molar-refractivity contribution in [1.29, 1.82) is 0 Å². The topological polar surface area (TPSA) is 78.7 Å². The summed E-state index contributed by atoms with van der Waals surface area (Å²) in [5.41, 5.74) is 0. The Hall–Kier alpha value is -0.360. The molecule has 0 heterocycles. The number of benzene rings is 1. The quantitative estimate of drug-likeness (QED) is 0.314. The van der Waals surface area contributed by atoms with E-state index in [2.05, 4.69) is 0 Å². The van der Waals surface area contributed by atoms with Crippen LogP contribution in [0.3, 0.4) is 0 Å². The van der Waals surface area contributed by atoms with Gasteiger partial charge in [0.15, 0.2) is 6.10 Å². The molecule has 0 aliphatic rings. The number of nitro groups is 1. The van der Waals surface area contributed by atoms with Gasteiger partial charge in [0, 0.05) is 4.92 Å². The highest BCUT2D eigenvalue weighted by Crippen LogP contribution is 2.51. The maximum atomic E-state index is 12.8. The maximum absolute atomic E-state index is 12.8. The van der Waals surface area contributed by atoms with Crippen LogP contribution in [0.4, 0.5) is 0 Å². The van der Waals surface area contributed by atoms with Crippen LogP contribution < -0.4 is 5.30 Å². The zero-order valence-corrected chi connectivity index (χ0v) is 14.1. The minimum Gasteiger partial charge on any atom is -0.305 e. The van der Waals surface area contributed by atoms with Gasteiger partial charge in [-0.3, -0.25) is 19.2 Å². The SMILES string of the molecule is CCOP(=O)(OC(C[N+](=O)[O-])C(Cl)(Cl)Cl)c1ccccc1. The number of rotatable bonds is 7. The van der Waals surface area contributed by atoms with E-state index in [0.717, 1.165) is 0 Å². The summed E-state index contributed by atoms with van der Waals surface area (Å²) < 4.78 is 21.1. The van der Waals surface area contributed by atoms with Crippen molar-refractivity contribution in [1.82, 2.24) is 0 Å². The fourth-order valence-corrected chi connectivity index (χ4v) is 3.74. The average molecular weight is 377 g/mol. The highest BCUT2D eigenvalue weighted by molar-refractivity contribution is 7.62. The van der Waals surface area contributed by atoms with Gasteiger partial charge in [0.1, 0.15) is 0 Å². The second kappa shape index (κ2) is 7.77. The van der Waals surface area contributed by atoms with Crippen LogP contribution in [0.2, 0.25) is 0 Å². The summed E-state index contributed by atoms with van der Waals surface area (Å²) in [6.45, 7) is 0.856. The third-order valence-corrected chi connectivity index (χ3v) is 5.11. The molecule has 0 bridgehead atoms. The van der Waals surface area contributed by atoms with Crippen molar-refractivity contribution in [3.05, 3.63) is 40.4 Å². The van der Waals surface area contributed by atoms with E-state index in [1.165, 1.54) is 12.1 Å². The van der Waals surface area contributed by atoms with Gasteiger partial charge in [0.2, 0.25) is 10.3 Å². The molecule has 1 aromatic rings. The standard InChI is InChI=1S/C11H13Cl3NO5P/c1-2-19-21(18,9-6-4-3-5-7-9)20-10(8-15(16)17)11(12,13)14/h3-7,10H,2,8H2,1H3. The maximum Gasteiger partial charge on any atom is 0.361 e. The van der Waals surface area contributed by atoms with E-state index >= 15 is 0 Å². The van der Waals surface area contributed by atoms with Crippen molar-refractivity contribution in [2.24, 2.45) is 0 Å². The largest absolute Gasteiger partial charge is 0.361 e. The van der Waals surface area contributed by atoms with Gasteiger partial charge in [-0.05, 0) is 19.1 Å². The minimum absolute atomic E-state index is 0.0667. The molecule has 2 atom stereocenters. The molecular weight excluding hydrogens is 363 g/mol. The molecule has 0 N–H and O–H groups in total. The van der Waals surface area contributed by atoms with E-state index in [4.69, 9.17) is 43.9 Å². The summed E-state index contributed by atoms with van der Waals surface area (Å²) in [7, 11) is -3.84. The smallest absolute Gasteiger partial charge is 0.305 e. The van der Waals surface area contributed by atoms with Crippen LogP contribution in [0.25, 0.3) is 0 Å². The number of nitrogens with zero attached hydrogens (tertiary/aromatic N) is 1. The first-order valence-electron chi connectivity index (χ1n) is 5.86. The summed E-state index contributed by atoms with van der Waals surface area (Å²) in [6, 6.07) is 7.99. The van der Waals surface area contributed by atoms with E-state index in [1.54, 1.807) is 25.1 Å². The fourth-order valence-electron chi connectivity index (χ4n) is 1.45. The lowest BCUT2D eigenvalue weighted by Crippen LogP contribution is -2.36. The van der Waals surface area contributed by atoms with Crippen molar-refractivity contribution in [3.63, 3.8) is 0 Å². The van der Waals surface area contributed by atoms with Gasteiger partial charge in [0.05, 0.1) is 11.9 Å². The molecule has 0 aromatic heterocycles. The molecule has 118 valence electrons. The highest BCUT2D eigenvalue weighted by Gasteiger charge is 2.44. The second-order valence-electron chi connectivity index (χ2n) is 3.90. The molecule has 0 aliphatic carbocycles. The van der Waals surface area contributed by atoms with Crippen LogP contribution in [0, 0.1) is 10.1 Å². The number of alkyl halides is 3. The van der Waals surface area contributed by atoms with E-state index in [9.17, 15) is 14.7 Å². The van der Waals surface area contributed by atoms with Gasteiger partial charge in [-0.1, -0.05) is 53.0 Å².